The van der Waals surface area contributed by atoms with Crippen molar-refractivity contribution in [2.75, 3.05) is 19.5 Å². The second-order valence-electron chi connectivity index (χ2n) is 8.42. The second-order valence-corrected chi connectivity index (χ2v) is 8.42. The van der Waals surface area contributed by atoms with Gasteiger partial charge < -0.3 is 20.1 Å². The number of aromatic nitrogens is 1. The lowest BCUT2D eigenvalue weighted by molar-refractivity contribution is 0.0950. The van der Waals surface area contributed by atoms with E-state index in [2.05, 4.69) is 10.6 Å². The zero-order chi connectivity index (χ0) is 24.4. The summed E-state index contributed by atoms with van der Waals surface area (Å²) in [4.78, 5) is 30.3. The molecule has 0 atom stereocenters. The molecule has 4 aromatic rings. The first-order valence-corrected chi connectivity index (χ1v) is 11.4. The van der Waals surface area contributed by atoms with E-state index in [1.807, 2.05) is 42.5 Å². The molecule has 35 heavy (non-hydrogen) atoms. The number of hydrogen-bond donors (Lipinski definition) is 2. The molecule has 7 nitrogen and oxygen atoms in total. The molecular formula is C28H25N3O4. The summed E-state index contributed by atoms with van der Waals surface area (Å²) in [6, 6.07) is 22.0. The number of ether oxygens (including phenoxy) is 2. The van der Waals surface area contributed by atoms with Gasteiger partial charge in [0.05, 0.1) is 31.0 Å². The van der Waals surface area contributed by atoms with Crippen LogP contribution in [0.3, 0.4) is 0 Å². The number of anilines is 1. The normalized spacial score (nSPS) is 12.7. The Morgan fingerprint density at radius 3 is 2.31 bits per heavy atom. The van der Waals surface area contributed by atoms with E-state index in [4.69, 9.17) is 14.5 Å². The van der Waals surface area contributed by atoms with Crippen LogP contribution in [-0.4, -0.2) is 37.1 Å². The van der Waals surface area contributed by atoms with E-state index in [0.29, 0.717) is 45.6 Å². The molecule has 0 bridgehead atoms. The van der Waals surface area contributed by atoms with E-state index >= 15 is 0 Å². The summed E-state index contributed by atoms with van der Waals surface area (Å²) in [5.41, 5.74) is 3.81. The predicted molar refractivity (Wildman–Crippen MR) is 135 cm³/mol. The molecule has 3 aromatic carbocycles. The molecule has 5 rings (SSSR count). The van der Waals surface area contributed by atoms with Crippen LogP contribution in [-0.2, 0) is 0 Å². The Balaban J connectivity index is 1.45. The van der Waals surface area contributed by atoms with Crippen LogP contribution in [0.2, 0.25) is 0 Å². The summed E-state index contributed by atoms with van der Waals surface area (Å²) >= 11 is 0. The van der Waals surface area contributed by atoms with Gasteiger partial charge in [-0.25, -0.2) is 4.98 Å². The smallest absolute Gasteiger partial charge is 0.256 e. The van der Waals surface area contributed by atoms with Gasteiger partial charge in [-0.2, -0.15) is 0 Å². The van der Waals surface area contributed by atoms with Crippen LogP contribution in [0.15, 0.2) is 72.8 Å². The van der Waals surface area contributed by atoms with Crippen molar-refractivity contribution >= 4 is 28.4 Å². The Hall–Kier alpha value is -4.39. The molecule has 1 aliphatic rings. The molecule has 1 fully saturated rings. The van der Waals surface area contributed by atoms with Crippen LogP contribution >= 0.6 is 0 Å². The molecule has 0 radical (unpaired) electrons. The molecular weight excluding hydrogens is 442 g/mol. The van der Waals surface area contributed by atoms with E-state index in [0.717, 1.165) is 23.8 Å². The van der Waals surface area contributed by atoms with Crippen molar-refractivity contribution < 1.29 is 19.1 Å². The highest BCUT2D eigenvalue weighted by Crippen LogP contribution is 2.33. The minimum absolute atomic E-state index is 0.0925. The minimum atomic E-state index is -0.263. The highest BCUT2D eigenvalue weighted by atomic mass is 16.5. The van der Waals surface area contributed by atoms with Gasteiger partial charge in [-0.05, 0) is 67.4 Å². The molecule has 0 saturated heterocycles. The van der Waals surface area contributed by atoms with Crippen molar-refractivity contribution in [3.8, 4) is 22.8 Å². The largest absolute Gasteiger partial charge is 0.493 e. The number of rotatable bonds is 7. The van der Waals surface area contributed by atoms with Gasteiger partial charge in [-0.15, -0.1) is 0 Å². The number of fused-ring (bicyclic) bond motifs is 1. The van der Waals surface area contributed by atoms with E-state index in [1.54, 1.807) is 44.6 Å². The van der Waals surface area contributed by atoms with E-state index < -0.39 is 0 Å². The number of hydrogen-bond acceptors (Lipinski definition) is 5. The first-order chi connectivity index (χ1) is 17.1. The Morgan fingerprint density at radius 1 is 0.857 bits per heavy atom. The lowest BCUT2D eigenvalue weighted by Gasteiger charge is -2.13. The number of para-hydroxylation sites is 1. The molecule has 2 amide bonds. The number of benzene rings is 3. The average molecular weight is 468 g/mol. The number of nitrogens with zero attached hydrogens (tertiary/aromatic N) is 1. The highest BCUT2D eigenvalue weighted by Gasteiger charge is 2.23. The first kappa shape index (κ1) is 22.4. The lowest BCUT2D eigenvalue weighted by Crippen LogP contribution is -2.25. The zero-order valence-corrected chi connectivity index (χ0v) is 19.5. The van der Waals surface area contributed by atoms with Crippen molar-refractivity contribution in [1.82, 2.24) is 10.3 Å². The van der Waals surface area contributed by atoms with Crippen LogP contribution in [0.1, 0.15) is 33.6 Å². The number of carbonyl (C=O) groups is 2. The van der Waals surface area contributed by atoms with Crippen LogP contribution in [0, 0.1) is 0 Å². The fourth-order valence-electron chi connectivity index (χ4n) is 3.91. The van der Waals surface area contributed by atoms with Crippen LogP contribution in [0.4, 0.5) is 5.69 Å². The summed E-state index contributed by atoms with van der Waals surface area (Å²) in [6.45, 7) is 0. The predicted octanol–water partition coefficient (Wildman–Crippen LogP) is 5.06. The SMILES string of the molecule is COc1ccc(-c2cc(C(=O)Nc3ccc(C(=O)NC4CC4)cc3)c3ccccc3n2)cc1OC. The highest BCUT2D eigenvalue weighted by molar-refractivity contribution is 6.13. The lowest BCUT2D eigenvalue weighted by atomic mass is 10.0. The van der Waals surface area contributed by atoms with E-state index in [-0.39, 0.29) is 11.8 Å². The molecule has 0 spiro atoms. The van der Waals surface area contributed by atoms with Crippen LogP contribution < -0.4 is 20.1 Å². The van der Waals surface area contributed by atoms with Crippen molar-refractivity contribution in [3.63, 3.8) is 0 Å². The number of carbonyl (C=O) groups excluding carboxylic acids is 2. The van der Waals surface area contributed by atoms with Crippen molar-refractivity contribution in [2.24, 2.45) is 0 Å². The van der Waals surface area contributed by atoms with Gasteiger partial charge in [0.1, 0.15) is 0 Å². The zero-order valence-electron chi connectivity index (χ0n) is 19.5. The Bertz CT molecular complexity index is 1410. The van der Waals surface area contributed by atoms with Gasteiger partial charge in [-0.1, -0.05) is 18.2 Å². The summed E-state index contributed by atoms with van der Waals surface area (Å²) in [6.07, 6.45) is 2.07. The third-order valence-electron chi connectivity index (χ3n) is 5.96. The summed E-state index contributed by atoms with van der Waals surface area (Å²) in [5, 5.41) is 6.65. The number of methoxy groups -OCH3 is 2. The Morgan fingerprint density at radius 2 is 1.60 bits per heavy atom. The quantitative estimate of drug-likeness (QED) is 0.396. The van der Waals surface area contributed by atoms with E-state index in [1.165, 1.54) is 0 Å². The molecule has 7 heteroatoms. The maximum atomic E-state index is 13.3. The second kappa shape index (κ2) is 9.46. The first-order valence-electron chi connectivity index (χ1n) is 11.4. The maximum Gasteiger partial charge on any atom is 0.256 e. The molecule has 0 aliphatic heterocycles. The van der Waals surface area contributed by atoms with Gasteiger partial charge >= 0.3 is 0 Å². The van der Waals surface area contributed by atoms with Crippen LogP contribution in [0.5, 0.6) is 11.5 Å². The van der Waals surface area contributed by atoms with Crippen molar-refractivity contribution in [3.05, 3.63) is 83.9 Å². The fraction of sp³-hybridized carbons (Fsp3) is 0.179. The summed E-state index contributed by atoms with van der Waals surface area (Å²) < 4.78 is 10.8. The van der Waals surface area contributed by atoms with Crippen LogP contribution in [0.25, 0.3) is 22.2 Å². The van der Waals surface area contributed by atoms with Gasteiger partial charge in [0.2, 0.25) is 0 Å². The molecule has 1 aromatic heterocycles. The third-order valence-corrected chi connectivity index (χ3v) is 5.96. The number of nitrogens with one attached hydrogen (secondary N) is 2. The topological polar surface area (TPSA) is 89.5 Å². The molecule has 1 heterocycles. The standard InChI is InChI=1S/C28H25N3O4/c1-34-25-14-9-18(15-26(25)35-2)24-16-22(21-5-3-4-6-23(21)31-24)28(33)30-19-10-7-17(8-11-19)27(32)29-20-12-13-20/h3-11,14-16,20H,12-13H2,1-2H3,(H,29,32)(H,30,33). The summed E-state index contributed by atoms with van der Waals surface area (Å²) in [7, 11) is 3.16. The molecule has 0 unspecified atom stereocenters. The fourth-order valence-corrected chi connectivity index (χ4v) is 3.91. The van der Waals surface area contributed by atoms with Gasteiger partial charge in [0, 0.05) is 28.2 Å². The third kappa shape index (κ3) is 4.80. The van der Waals surface area contributed by atoms with Gasteiger partial charge in [0.15, 0.2) is 11.5 Å². The molecule has 1 saturated carbocycles. The van der Waals surface area contributed by atoms with Crippen molar-refractivity contribution in [2.45, 2.75) is 18.9 Å². The number of pyridine rings is 1. The molecule has 176 valence electrons. The summed E-state index contributed by atoms with van der Waals surface area (Å²) in [5.74, 6) is 0.839. The molecule has 1 aliphatic carbocycles. The van der Waals surface area contributed by atoms with E-state index in [9.17, 15) is 9.59 Å². The minimum Gasteiger partial charge on any atom is -0.493 e. The van der Waals surface area contributed by atoms with Gasteiger partial charge in [0.25, 0.3) is 11.8 Å². The van der Waals surface area contributed by atoms with Gasteiger partial charge in [-0.3, -0.25) is 9.59 Å². The average Bonchev–Trinajstić information content (AvgIpc) is 3.72. The Kier molecular flexibility index (Phi) is 6.06. The molecule has 2 N–H and O–H groups in total. The maximum absolute atomic E-state index is 13.3. The Labute approximate surface area is 203 Å². The van der Waals surface area contributed by atoms with Crippen molar-refractivity contribution in [1.29, 1.82) is 0 Å². The monoisotopic (exact) mass is 467 g/mol. The number of amides is 2.